The van der Waals surface area contributed by atoms with Crippen LogP contribution in [0.25, 0.3) is 0 Å². The van der Waals surface area contributed by atoms with Gasteiger partial charge < -0.3 is 15.5 Å². The molecule has 0 aliphatic rings. The van der Waals surface area contributed by atoms with Gasteiger partial charge in [-0.25, -0.2) is 0 Å². The zero-order valence-corrected chi connectivity index (χ0v) is 12.5. The molecule has 0 bridgehead atoms. The van der Waals surface area contributed by atoms with Crippen LogP contribution in [0.2, 0.25) is 0 Å². The molecular weight excluding hydrogens is 270 g/mol. The minimum Gasteiger partial charge on any atom is -0.481 e. The van der Waals surface area contributed by atoms with E-state index in [9.17, 15) is 14.7 Å². The molecule has 2 unspecified atom stereocenters. The molecule has 0 saturated heterocycles. The Morgan fingerprint density at radius 1 is 1.24 bits per heavy atom. The smallest absolute Gasteiger partial charge is 0.305 e. The van der Waals surface area contributed by atoms with Crippen LogP contribution in [-0.4, -0.2) is 40.7 Å². The Morgan fingerprint density at radius 3 is 2.33 bits per heavy atom. The van der Waals surface area contributed by atoms with Crippen molar-refractivity contribution in [3.8, 4) is 0 Å². The van der Waals surface area contributed by atoms with Crippen LogP contribution in [0.1, 0.15) is 42.6 Å². The molecule has 116 valence electrons. The Hall–Kier alpha value is -1.72. The van der Waals surface area contributed by atoms with Gasteiger partial charge in [0.2, 0.25) is 0 Å². The number of hydrogen-bond donors (Lipinski definition) is 3. The number of carbonyl (C=O) groups is 2. The normalized spacial score (nSPS) is 13.7. The second-order valence-corrected chi connectivity index (χ2v) is 5.22. The van der Waals surface area contributed by atoms with E-state index in [0.29, 0.717) is 5.56 Å². The third-order valence-electron chi connectivity index (χ3n) is 3.13. The van der Waals surface area contributed by atoms with Crippen LogP contribution >= 0.6 is 0 Å². The van der Waals surface area contributed by atoms with E-state index in [-0.39, 0.29) is 18.7 Å². The Kier molecular flexibility index (Phi) is 7.05. The van der Waals surface area contributed by atoms with Gasteiger partial charge >= 0.3 is 5.97 Å². The predicted octanol–water partition coefficient (Wildman–Crippen LogP) is 1.64. The molecule has 0 aromatic heterocycles. The maximum Gasteiger partial charge on any atom is 0.305 e. The standard InChI is InChI=1S/C16H23NO4/c1-3-4-12-5-7-13(8-6-12)16(21)14(9-15(19)20)17-10-11(2)18/h5-8,11,14,17-18H,3-4,9-10H2,1-2H3,(H,19,20). The van der Waals surface area contributed by atoms with Gasteiger partial charge in [0.1, 0.15) is 0 Å². The van der Waals surface area contributed by atoms with Crippen molar-refractivity contribution in [2.45, 2.75) is 45.3 Å². The summed E-state index contributed by atoms with van der Waals surface area (Å²) >= 11 is 0. The van der Waals surface area contributed by atoms with Crippen molar-refractivity contribution in [2.75, 3.05) is 6.54 Å². The Morgan fingerprint density at radius 2 is 1.86 bits per heavy atom. The maximum atomic E-state index is 12.4. The highest BCUT2D eigenvalue weighted by Gasteiger charge is 2.22. The average Bonchev–Trinajstić information content (AvgIpc) is 2.43. The van der Waals surface area contributed by atoms with Crippen LogP contribution < -0.4 is 5.32 Å². The summed E-state index contributed by atoms with van der Waals surface area (Å²) in [5.41, 5.74) is 1.64. The van der Waals surface area contributed by atoms with Crippen LogP contribution in [0.5, 0.6) is 0 Å². The molecular formula is C16H23NO4. The fourth-order valence-corrected chi connectivity index (χ4v) is 2.07. The number of carbonyl (C=O) groups excluding carboxylic acids is 1. The number of nitrogens with one attached hydrogen (secondary N) is 1. The number of aliphatic hydroxyl groups excluding tert-OH is 1. The van der Waals surface area contributed by atoms with Crippen LogP contribution in [0.3, 0.4) is 0 Å². The highest BCUT2D eigenvalue weighted by atomic mass is 16.4. The van der Waals surface area contributed by atoms with Crippen LogP contribution in [0, 0.1) is 0 Å². The van der Waals surface area contributed by atoms with Gasteiger partial charge in [0.05, 0.1) is 18.6 Å². The Bertz CT molecular complexity index is 468. The summed E-state index contributed by atoms with van der Waals surface area (Å²) in [6, 6.07) is 6.42. The summed E-state index contributed by atoms with van der Waals surface area (Å²) in [5.74, 6) is -1.31. The van der Waals surface area contributed by atoms with E-state index in [4.69, 9.17) is 5.11 Å². The molecule has 1 rings (SSSR count). The lowest BCUT2D eigenvalue weighted by molar-refractivity contribution is -0.137. The van der Waals surface area contributed by atoms with Gasteiger partial charge in [0, 0.05) is 12.1 Å². The Labute approximate surface area is 125 Å². The number of hydrogen-bond acceptors (Lipinski definition) is 4. The number of aliphatic carboxylic acids is 1. The van der Waals surface area contributed by atoms with Crippen LogP contribution in [0.15, 0.2) is 24.3 Å². The molecule has 0 fully saturated rings. The lowest BCUT2D eigenvalue weighted by atomic mass is 9.99. The molecule has 3 N–H and O–H groups in total. The first kappa shape index (κ1) is 17.3. The fraction of sp³-hybridized carbons (Fsp3) is 0.500. The number of aryl methyl sites for hydroxylation is 1. The molecule has 0 aliphatic carbocycles. The van der Waals surface area contributed by atoms with Crippen molar-refractivity contribution in [1.82, 2.24) is 5.32 Å². The molecule has 0 aliphatic heterocycles. The molecule has 2 atom stereocenters. The summed E-state index contributed by atoms with van der Waals surface area (Å²) in [6.45, 7) is 3.84. The number of benzene rings is 1. The highest BCUT2D eigenvalue weighted by molar-refractivity contribution is 6.01. The van der Waals surface area contributed by atoms with Crippen molar-refractivity contribution in [3.05, 3.63) is 35.4 Å². The van der Waals surface area contributed by atoms with Crippen molar-refractivity contribution in [2.24, 2.45) is 0 Å². The quantitative estimate of drug-likeness (QED) is 0.602. The van der Waals surface area contributed by atoms with Gasteiger partial charge in [0.25, 0.3) is 0 Å². The first-order valence-electron chi connectivity index (χ1n) is 7.20. The van der Waals surface area contributed by atoms with Gasteiger partial charge in [-0.2, -0.15) is 0 Å². The lowest BCUT2D eigenvalue weighted by Gasteiger charge is -2.17. The van der Waals surface area contributed by atoms with Crippen molar-refractivity contribution in [3.63, 3.8) is 0 Å². The third kappa shape index (κ3) is 6.06. The summed E-state index contributed by atoms with van der Waals surface area (Å²) in [6.07, 6.45) is 1.04. The van der Waals surface area contributed by atoms with E-state index in [2.05, 4.69) is 12.2 Å². The molecule has 0 heterocycles. The molecule has 0 radical (unpaired) electrons. The topological polar surface area (TPSA) is 86.6 Å². The number of rotatable bonds is 9. The van der Waals surface area contributed by atoms with E-state index in [1.165, 1.54) is 0 Å². The van der Waals surface area contributed by atoms with Crippen molar-refractivity contribution in [1.29, 1.82) is 0 Å². The molecule has 1 aromatic rings. The molecule has 0 amide bonds. The van der Waals surface area contributed by atoms with E-state index >= 15 is 0 Å². The van der Waals surface area contributed by atoms with E-state index in [1.54, 1.807) is 19.1 Å². The zero-order valence-electron chi connectivity index (χ0n) is 12.5. The van der Waals surface area contributed by atoms with Crippen LogP contribution in [-0.2, 0) is 11.2 Å². The lowest BCUT2D eigenvalue weighted by Crippen LogP contribution is -2.41. The van der Waals surface area contributed by atoms with Crippen LogP contribution in [0.4, 0.5) is 0 Å². The molecule has 5 heteroatoms. The maximum absolute atomic E-state index is 12.4. The SMILES string of the molecule is CCCc1ccc(C(=O)C(CC(=O)O)NCC(C)O)cc1. The second-order valence-electron chi connectivity index (χ2n) is 5.22. The summed E-state index contributed by atoms with van der Waals surface area (Å²) < 4.78 is 0. The Balaban J connectivity index is 2.80. The number of aliphatic hydroxyl groups is 1. The minimum atomic E-state index is -1.05. The van der Waals surface area contributed by atoms with E-state index < -0.39 is 18.1 Å². The van der Waals surface area contributed by atoms with Crippen molar-refractivity contribution >= 4 is 11.8 Å². The number of carboxylic acids is 1. The third-order valence-corrected chi connectivity index (χ3v) is 3.13. The predicted molar refractivity (Wildman–Crippen MR) is 80.5 cm³/mol. The molecule has 0 spiro atoms. The monoisotopic (exact) mass is 293 g/mol. The molecule has 0 saturated carbocycles. The van der Waals surface area contributed by atoms with E-state index in [1.807, 2.05) is 12.1 Å². The van der Waals surface area contributed by atoms with Gasteiger partial charge in [-0.1, -0.05) is 37.6 Å². The fourth-order valence-electron chi connectivity index (χ4n) is 2.07. The molecule has 5 nitrogen and oxygen atoms in total. The summed E-state index contributed by atoms with van der Waals surface area (Å²) in [7, 11) is 0. The van der Waals surface area contributed by atoms with Gasteiger partial charge in [-0.15, -0.1) is 0 Å². The number of Topliss-reactive ketones (excluding diaryl/α,β-unsaturated/α-hetero) is 1. The average molecular weight is 293 g/mol. The first-order valence-corrected chi connectivity index (χ1v) is 7.20. The van der Waals surface area contributed by atoms with Gasteiger partial charge in [-0.3, -0.25) is 9.59 Å². The second kappa shape index (κ2) is 8.54. The van der Waals surface area contributed by atoms with Gasteiger partial charge in [-0.05, 0) is 18.9 Å². The molecule has 1 aromatic carbocycles. The summed E-state index contributed by atoms with van der Waals surface area (Å²) in [4.78, 5) is 23.2. The molecule has 21 heavy (non-hydrogen) atoms. The highest BCUT2D eigenvalue weighted by Crippen LogP contribution is 2.10. The number of ketones is 1. The largest absolute Gasteiger partial charge is 0.481 e. The number of carboxylic acid groups (broad SMARTS) is 1. The zero-order chi connectivity index (χ0) is 15.8. The first-order chi connectivity index (χ1) is 9.93. The van der Waals surface area contributed by atoms with Crippen molar-refractivity contribution < 1.29 is 19.8 Å². The van der Waals surface area contributed by atoms with E-state index in [0.717, 1.165) is 18.4 Å². The summed E-state index contributed by atoms with van der Waals surface area (Å²) in [5, 5.41) is 21.0. The minimum absolute atomic E-state index is 0.178. The van der Waals surface area contributed by atoms with Gasteiger partial charge in [0.15, 0.2) is 5.78 Å².